The van der Waals surface area contributed by atoms with Crippen molar-refractivity contribution in [2.75, 3.05) is 6.54 Å². The van der Waals surface area contributed by atoms with Crippen molar-refractivity contribution in [3.63, 3.8) is 0 Å². The number of nitrogens with zero attached hydrogens (tertiary/aromatic N) is 2. The fourth-order valence-electron chi connectivity index (χ4n) is 2.07. The van der Waals surface area contributed by atoms with E-state index in [1.165, 1.54) is 0 Å². The molecule has 0 radical (unpaired) electrons. The summed E-state index contributed by atoms with van der Waals surface area (Å²) >= 11 is 0. The number of carbonyl (C=O) groups is 1. The first-order chi connectivity index (χ1) is 9.02. The molecule has 0 fully saturated rings. The van der Waals surface area contributed by atoms with Crippen LogP contribution in [0.2, 0.25) is 0 Å². The van der Waals surface area contributed by atoms with E-state index in [9.17, 15) is 9.59 Å². The Morgan fingerprint density at radius 3 is 2.53 bits per heavy atom. The first-order valence-corrected chi connectivity index (χ1v) is 6.44. The number of fused-ring (bicyclic) bond motifs is 1. The molecule has 0 aliphatic carbocycles. The number of para-hydroxylation sites is 2. The van der Waals surface area contributed by atoms with Gasteiger partial charge in [0.1, 0.15) is 0 Å². The van der Waals surface area contributed by atoms with E-state index in [0.29, 0.717) is 13.1 Å². The molecule has 0 bridgehead atoms. The molecule has 1 aromatic heterocycles. The van der Waals surface area contributed by atoms with Crippen molar-refractivity contribution in [2.24, 2.45) is 13.0 Å². The van der Waals surface area contributed by atoms with Gasteiger partial charge in [-0.3, -0.25) is 13.9 Å². The van der Waals surface area contributed by atoms with Crippen LogP contribution in [0.4, 0.5) is 0 Å². The lowest BCUT2D eigenvalue weighted by Crippen LogP contribution is -2.33. The first kappa shape index (κ1) is 13.4. The van der Waals surface area contributed by atoms with Gasteiger partial charge in [-0.05, 0) is 12.1 Å². The van der Waals surface area contributed by atoms with Gasteiger partial charge in [0.05, 0.1) is 11.0 Å². The number of benzene rings is 1. The molecule has 19 heavy (non-hydrogen) atoms. The van der Waals surface area contributed by atoms with Gasteiger partial charge in [0, 0.05) is 26.1 Å². The van der Waals surface area contributed by atoms with Crippen molar-refractivity contribution >= 4 is 16.9 Å². The van der Waals surface area contributed by atoms with Crippen molar-refractivity contribution in [2.45, 2.75) is 20.4 Å². The smallest absolute Gasteiger partial charge is 0.328 e. The van der Waals surface area contributed by atoms with Gasteiger partial charge < -0.3 is 5.32 Å². The van der Waals surface area contributed by atoms with Crippen LogP contribution in [-0.4, -0.2) is 21.6 Å². The maximum absolute atomic E-state index is 12.1. The molecule has 0 spiro atoms. The molecule has 1 heterocycles. The van der Waals surface area contributed by atoms with E-state index >= 15 is 0 Å². The van der Waals surface area contributed by atoms with Crippen LogP contribution in [-0.2, 0) is 18.4 Å². The van der Waals surface area contributed by atoms with Crippen LogP contribution in [0.15, 0.2) is 29.1 Å². The Morgan fingerprint density at radius 2 is 1.89 bits per heavy atom. The van der Waals surface area contributed by atoms with Crippen molar-refractivity contribution in [1.29, 1.82) is 0 Å². The zero-order valence-corrected chi connectivity index (χ0v) is 11.5. The summed E-state index contributed by atoms with van der Waals surface area (Å²) in [5.41, 5.74) is 1.75. The summed E-state index contributed by atoms with van der Waals surface area (Å²) in [4.78, 5) is 23.6. The Labute approximate surface area is 111 Å². The Bertz CT molecular complexity index is 652. The fraction of sp³-hybridized carbons (Fsp3) is 0.429. The molecule has 1 amide bonds. The van der Waals surface area contributed by atoms with Crippen molar-refractivity contribution < 1.29 is 4.79 Å². The highest BCUT2D eigenvalue weighted by Gasteiger charge is 2.10. The molecule has 5 nitrogen and oxygen atoms in total. The molecule has 0 saturated heterocycles. The number of aryl methyl sites for hydroxylation is 1. The molecule has 2 rings (SSSR count). The van der Waals surface area contributed by atoms with Crippen LogP contribution in [0, 0.1) is 5.92 Å². The maximum Gasteiger partial charge on any atom is 0.328 e. The quantitative estimate of drug-likeness (QED) is 0.896. The summed E-state index contributed by atoms with van der Waals surface area (Å²) in [5, 5.41) is 2.82. The third kappa shape index (κ3) is 2.54. The monoisotopic (exact) mass is 261 g/mol. The topological polar surface area (TPSA) is 56.0 Å². The highest BCUT2D eigenvalue weighted by Crippen LogP contribution is 2.10. The first-order valence-electron chi connectivity index (χ1n) is 6.44. The van der Waals surface area contributed by atoms with Crippen LogP contribution in [0.1, 0.15) is 13.8 Å². The molecule has 5 heteroatoms. The summed E-state index contributed by atoms with van der Waals surface area (Å²) in [5.74, 6) is -0.0301. The summed E-state index contributed by atoms with van der Waals surface area (Å²) in [7, 11) is 1.76. The molecule has 0 saturated carbocycles. The number of rotatable bonds is 4. The Hall–Kier alpha value is -2.04. The predicted octanol–water partition coefficient (Wildman–Crippen LogP) is 1.11. The normalized spacial score (nSPS) is 11.2. The van der Waals surface area contributed by atoms with E-state index in [4.69, 9.17) is 0 Å². The van der Waals surface area contributed by atoms with Crippen LogP contribution in [0.3, 0.4) is 0 Å². The summed E-state index contributed by atoms with van der Waals surface area (Å²) < 4.78 is 3.32. The van der Waals surface area contributed by atoms with E-state index in [0.717, 1.165) is 11.0 Å². The lowest BCUT2D eigenvalue weighted by molar-refractivity contribution is -0.124. The van der Waals surface area contributed by atoms with Gasteiger partial charge in [0.2, 0.25) is 5.91 Å². The molecular formula is C14H19N3O2. The van der Waals surface area contributed by atoms with Gasteiger partial charge in [-0.15, -0.1) is 0 Å². The molecule has 1 N–H and O–H groups in total. The number of aromatic nitrogens is 2. The second-order valence-corrected chi connectivity index (χ2v) is 4.93. The number of carbonyl (C=O) groups excluding carboxylic acids is 1. The van der Waals surface area contributed by atoms with Crippen LogP contribution in [0.25, 0.3) is 11.0 Å². The van der Waals surface area contributed by atoms with Gasteiger partial charge in [-0.2, -0.15) is 0 Å². The summed E-state index contributed by atoms with van der Waals surface area (Å²) in [6.45, 7) is 4.64. The lowest BCUT2D eigenvalue weighted by Gasteiger charge is -2.08. The van der Waals surface area contributed by atoms with Crippen molar-refractivity contribution in [3.05, 3.63) is 34.7 Å². The number of nitrogens with one attached hydrogen (secondary N) is 1. The third-order valence-corrected chi connectivity index (χ3v) is 3.21. The lowest BCUT2D eigenvalue weighted by atomic mass is 10.2. The largest absolute Gasteiger partial charge is 0.354 e. The van der Waals surface area contributed by atoms with Crippen LogP contribution in [0.5, 0.6) is 0 Å². The molecule has 0 atom stereocenters. The molecule has 2 aromatic rings. The summed E-state index contributed by atoms with van der Waals surface area (Å²) in [6, 6.07) is 7.65. The van der Waals surface area contributed by atoms with E-state index < -0.39 is 0 Å². The zero-order valence-electron chi connectivity index (χ0n) is 11.5. The minimum absolute atomic E-state index is 0.00767. The van der Waals surface area contributed by atoms with Gasteiger partial charge in [-0.1, -0.05) is 26.0 Å². The molecule has 0 aliphatic heterocycles. The van der Waals surface area contributed by atoms with Crippen molar-refractivity contribution in [3.8, 4) is 0 Å². The molecule has 0 aliphatic rings. The predicted molar refractivity (Wildman–Crippen MR) is 75.0 cm³/mol. The van der Waals surface area contributed by atoms with Crippen LogP contribution >= 0.6 is 0 Å². The Balaban J connectivity index is 2.20. The highest BCUT2D eigenvalue weighted by atomic mass is 16.2. The number of amides is 1. The van der Waals surface area contributed by atoms with E-state index in [2.05, 4.69) is 5.32 Å². The molecule has 0 unspecified atom stereocenters. The second-order valence-electron chi connectivity index (χ2n) is 4.93. The zero-order chi connectivity index (χ0) is 14.0. The minimum atomic E-state index is -0.0556. The summed E-state index contributed by atoms with van der Waals surface area (Å²) in [6.07, 6.45) is 0. The van der Waals surface area contributed by atoms with Gasteiger partial charge in [0.15, 0.2) is 0 Å². The third-order valence-electron chi connectivity index (χ3n) is 3.21. The van der Waals surface area contributed by atoms with Gasteiger partial charge >= 0.3 is 5.69 Å². The number of hydrogen-bond acceptors (Lipinski definition) is 2. The average molecular weight is 261 g/mol. The average Bonchev–Trinajstić information content (AvgIpc) is 2.64. The van der Waals surface area contributed by atoms with E-state index in [1.54, 1.807) is 16.2 Å². The van der Waals surface area contributed by atoms with Gasteiger partial charge in [0.25, 0.3) is 0 Å². The Morgan fingerprint density at radius 1 is 1.26 bits per heavy atom. The number of hydrogen-bond donors (Lipinski definition) is 1. The SMILES string of the molecule is CC(C)C(=O)NCCn1c(=O)n(C)c2ccccc21. The second kappa shape index (κ2) is 5.30. The standard InChI is InChI=1S/C14H19N3O2/c1-10(2)13(18)15-8-9-17-12-7-5-4-6-11(12)16(3)14(17)19/h4-7,10H,8-9H2,1-3H3,(H,15,18). The van der Waals surface area contributed by atoms with Crippen molar-refractivity contribution in [1.82, 2.24) is 14.5 Å². The number of imidazole rings is 1. The van der Waals surface area contributed by atoms with E-state index in [-0.39, 0.29) is 17.5 Å². The molecular weight excluding hydrogens is 242 g/mol. The van der Waals surface area contributed by atoms with Crippen LogP contribution < -0.4 is 11.0 Å². The molecule has 102 valence electrons. The maximum atomic E-state index is 12.1. The fourth-order valence-corrected chi connectivity index (χ4v) is 2.07. The Kier molecular flexibility index (Phi) is 3.74. The van der Waals surface area contributed by atoms with Gasteiger partial charge in [-0.25, -0.2) is 4.79 Å². The highest BCUT2D eigenvalue weighted by molar-refractivity contribution is 5.78. The minimum Gasteiger partial charge on any atom is -0.354 e. The van der Waals surface area contributed by atoms with E-state index in [1.807, 2.05) is 38.1 Å². The molecule has 1 aromatic carbocycles.